The van der Waals surface area contributed by atoms with Crippen molar-refractivity contribution in [3.63, 3.8) is 0 Å². The fourth-order valence-electron chi connectivity index (χ4n) is 14.6. The highest BCUT2D eigenvalue weighted by atomic mass is 15.0. The van der Waals surface area contributed by atoms with Crippen molar-refractivity contribution in [1.82, 2.24) is 17.9 Å². The number of benzene rings is 13. The predicted molar refractivity (Wildman–Crippen MR) is 330 cm³/mol. The van der Waals surface area contributed by atoms with Crippen molar-refractivity contribution in [2.24, 2.45) is 0 Å². The van der Waals surface area contributed by atoms with Crippen LogP contribution in [0.5, 0.6) is 0 Å². The molecule has 0 atom stereocenters. The van der Waals surface area contributed by atoms with Crippen LogP contribution in [0.15, 0.2) is 255 Å². The summed E-state index contributed by atoms with van der Waals surface area (Å²) in [5.41, 5.74) is 19.6. The van der Waals surface area contributed by atoms with E-state index < -0.39 is 0 Å². The molecule has 0 fully saturated rings. The smallest absolute Gasteiger partial charge is 0.0627 e. The van der Waals surface area contributed by atoms with Crippen molar-refractivity contribution in [3.05, 3.63) is 255 Å². The molecule has 4 heteroatoms. The van der Waals surface area contributed by atoms with Crippen LogP contribution in [-0.2, 0) is 0 Å². The average molecular weight is 987 g/mol. The normalized spacial score (nSPS) is 12.6. The first kappa shape index (κ1) is 40.9. The van der Waals surface area contributed by atoms with Gasteiger partial charge in [0.25, 0.3) is 0 Å². The fourth-order valence-corrected chi connectivity index (χ4v) is 14.6. The molecule has 0 radical (unpaired) electrons. The molecule has 4 nitrogen and oxygen atoms in total. The van der Waals surface area contributed by atoms with E-state index in [4.69, 9.17) is 0 Å². The average Bonchev–Trinajstić information content (AvgIpc) is 4.52. The van der Waals surface area contributed by atoms with Crippen LogP contribution >= 0.6 is 0 Å². The van der Waals surface area contributed by atoms with E-state index in [9.17, 15) is 0 Å². The highest BCUT2D eigenvalue weighted by Gasteiger charge is 2.28. The van der Waals surface area contributed by atoms with E-state index >= 15 is 0 Å². The number of hydrogen-bond acceptors (Lipinski definition) is 0. The van der Waals surface area contributed by atoms with Gasteiger partial charge >= 0.3 is 0 Å². The minimum Gasteiger partial charge on any atom is -0.309 e. The van der Waals surface area contributed by atoms with E-state index in [0.717, 1.165) is 5.69 Å². The molecule has 0 unspecified atom stereocenters. The molecule has 0 N–H and O–H groups in total. The number of fused-ring (bicyclic) bond motifs is 21. The second kappa shape index (κ2) is 14.7. The second-order valence-corrected chi connectivity index (χ2v) is 21.5. The SMILES string of the molecule is c1ccc(-n2c3ccccc3c3cc(-c4cccc5c6cccc7c8cc9c(cc8n(c45)c76)c4cc5ccccc5c5c6cc7ccccc7c(-c7ccc8c(c7)c7ccccc7n8-c7ccccc7)c6n9c45)ccc32)cc1. The number of hydrogen-bond donors (Lipinski definition) is 0. The molecule has 6 heterocycles. The molecule has 19 aromatic rings. The van der Waals surface area contributed by atoms with Gasteiger partial charge in [0.05, 0.1) is 55.2 Å². The van der Waals surface area contributed by atoms with E-state index in [-0.39, 0.29) is 0 Å². The highest BCUT2D eigenvalue weighted by Crippen LogP contribution is 2.51. The van der Waals surface area contributed by atoms with Gasteiger partial charge < -0.3 is 17.9 Å². The van der Waals surface area contributed by atoms with Crippen molar-refractivity contribution in [3.8, 4) is 33.6 Å². The lowest BCUT2D eigenvalue weighted by molar-refractivity contribution is 1.18. The van der Waals surface area contributed by atoms with Crippen molar-refractivity contribution in [2.75, 3.05) is 0 Å². The molecule has 6 aromatic heterocycles. The lowest BCUT2D eigenvalue weighted by Crippen LogP contribution is -1.93. The number of rotatable bonds is 4. The maximum Gasteiger partial charge on any atom is 0.0627 e. The van der Waals surface area contributed by atoms with Gasteiger partial charge in [0.15, 0.2) is 0 Å². The van der Waals surface area contributed by atoms with Crippen LogP contribution in [0, 0.1) is 0 Å². The van der Waals surface area contributed by atoms with Gasteiger partial charge in [-0.25, -0.2) is 0 Å². The maximum absolute atomic E-state index is 2.65. The van der Waals surface area contributed by atoms with Crippen molar-refractivity contribution >= 4 is 141 Å². The van der Waals surface area contributed by atoms with Crippen LogP contribution in [0.1, 0.15) is 0 Å². The summed E-state index contributed by atoms with van der Waals surface area (Å²) in [5.74, 6) is 0. The third kappa shape index (κ3) is 5.10. The van der Waals surface area contributed by atoms with Crippen LogP contribution in [-0.4, -0.2) is 17.9 Å². The molecule has 0 aliphatic heterocycles. The predicted octanol–water partition coefficient (Wildman–Crippen LogP) is 19.8. The molecule has 0 spiro atoms. The topological polar surface area (TPSA) is 18.7 Å². The summed E-state index contributed by atoms with van der Waals surface area (Å²) in [6.07, 6.45) is 0. The van der Waals surface area contributed by atoms with Gasteiger partial charge in [0.2, 0.25) is 0 Å². The first-order chi connectivity index (χ1) is 38.7. The molecule has 0 amide bonds. The van der Waals surface area contributed by atoms with Crippen LogP contribution in [0.2, 0.25) is 0 Å². The number of para-hydroxylation sites is 6. The Bertz CT molecular complexity index is 5790. The molecule has 0 aliphatic carbocycles. The van der Waals surface area contributed by atoms with Crippen molar-refractivity contribution in [2.45, 2.75) is 0 Å². The summed E-state index contributed by atoms with van der Waals surface area (Å²) in [6, 6.07) is 95.5. The third-order valence-electron chi connectivity index (χ3n) is 17.7. The number of nitrogens with zero attached hydrogens (tertiary/aromatic N) is 4. The van der Waals surface area contributed by atoms with Gasteiger partial charge in [-0.1, -0.05) is 170 Å². The first-order valence-electron chi connectivity index (χ1n) is 27.1. The molecular weight excluding hydrogens is 945 g/mol. The van der Waals surface area contributed by atoms with Gasteiger partial charge in [0.1, 0.15) is 0 Å². The van der Waals surface area contributed by atoms with Gasteiger partial charge in [0, 0.05) is 87.1 Å². The molecule has 78 heavy (non-hydrogen) atoms. The fraction of sp³-hybridized carbons (Fsp3) is 0. The third-order valence-corrected chi connectivity index (χ3v) is 17.7. The van der Waals surface area contributed by atoms with E-state index in [2.05, 4.69) is 273 Å². The molecule has 0 saturated heterocycles. The zero-order valence-electron chi connectivity index (χ0n) is 42.0. The van der Waals surface area contributed by atoms with Gasteiger partial charge in [-0.05, 0) is 118 Å². The lowest BCUT2D eigenvalue weighted by atomic mass is 9.92. The minimum atomic E-state index is 1.16. The van der Waals surface area contributed by atoms with Crippen LogP contribution in [0.4, 0.5) is 0 Å². The monoisotopic (exact) mass is 986 g/mol. The number of aromatic nitrogens is 4. The molecule has 0 bridgehead atoms. The van der Waals surface area contributed by atoms with Crippen molar-refractivity contribution < 1.29 is 0 Å². The molecular formula is C74H42N4. The van der Waals surface area contributed by atoms with Crippen LogP contribution in [0.3, 0.4) is 0 Å². The Morgan fingerprint density at radius 3 is 1.33 bits per heavy atom. The summed E-state index contributed by atoms with van der Waals surface area (Å²) in [6.45, 7) is 0. The standard InChI is InChI=1S/C74H42N4/c1-3-19-47(20-4-1)75-63-31-13-11-25-52(63)57-37-45(33-35-65(57)75)51-27-15-28-54-55-29-16-30-56-59-41-68-60(42-67(59)77(71(51)54)72(55)56)61-38-43-17-8-10-24-50(43)70-62-39-44-18-7-9-23-49(44)69(74(62)78(68)73(61)70)46-34-36-66-58(40-46)53-26-12-14-32-64(53)76(66)48-21-5-2-6-22-48/h1-42H. The summed E-state index contributed by atoms with van der Waals surface area (Å²) in [4.78, 5) is 0. The molecule has 13 aromatic carbocycles. The van der Waals surface area contributed by atoms with Crippen molar-refractivity contribution in [1.29, 1.82) is 0 Å². The summed E-state index contributed by atoms with van der Waals surface area (Å²) in [5, 5.41) is 20.2. The van der Waals surface area contributed by atoms with Gasteiger partial charge in [-0.15, -0.1) is 0 Å². The quantitative estimate of drug-likeness (QED) is 0.167. The van der Waals surface area contributed by atoms with Crippen LogP contribution in [0.25, 0.3) is 175 Å². The highest BCUT2D eigenvalue weighted by molar-refractivity contribution is 6.36. The summed E-state index contributed by atoms with van der Waals surface area (Å²) in [7, 11) is 0. The Balaban J connectivity index is 0.929. The first-order valence-corrected chi connectivity index (χ1v) is 27.1. The Labute approximate surface area is 445 Å². The van der Waals surface area contributed by atoms with Gasteiger partial charge in [-0.2, -0.15) is 0 Å². The Morgan fingerprint density at radius 2 is 0.667 bits per heavy atom. The van der Waals surface area contributed by atoms with Crippen LogP contribution < -0.4 is 0 Å². The van der Waals surface area contributed by atoms with Gasteiger partial charge in [-0.3, -0.25) is 0 Å². The molecule has 358 valence electrons. The second-order valence-electron chi connectivity index (χ2n) is 21.5. The van der Waals surface area contributed by atoms with E-state index in [1.807, 2.05) is 0 Å². The minimum absolute atomic E-state index is 1.16. The largest absolute Gasteiger partial charge is 0.309 e. The summed E-state index contributed by atoms with van der Waals surface area (Å²) >= 11 is 0. The zero-order chi connectivity index (χ0) is 50.5. The Hall–Kier alpha value is -10.4. The maximum atomic E-state index is 2.65. The van der Waals surface area contributed by atoms with E-state index in [1.54, 1.807) is 0 Å². The molecule has 0 saturated carbocycles. The molecule has 19 rings (SSSR count). The lowest BCUT2D eigenvalue weighted by Gasteiger charge is -2.13. The Kier molecular flexibility index (Phi) is 7.71. The van der Waals surface area contributed by atoms with E-state index in [1.165, 1.54) is 169 Å². The zero-order valence-corrected chi connectivity index (χ0v) is 42.0. The molecule has 0 aliphatic rings. The summed E-state index contributed by atoms with van der Waals surface area (Å²) < 4.78 is 10.1. The van der Waals surface area contributed by atoms with E-state index in [0.29, 0.717) is 0 Å². The Morgan fingerprint density at radius 1 is 0.218 bits per heavy atom.